The summed E-state index contributed by atoms with van der Waals surface area (Å²) in [7, 11) is 0. The maximum Gasteiger partial charge on any atom is 0.311 e. The van der Waals surface area contributed by atoms with Crippen molar-refractivity contribution in [3.63, 3.8) is 0 Å². The molecule has 1 unspecified atom stereocenters. The Kier molecular flexibility index (Phi) is 5.26. The number of nitrogens with zero attached hydrogens (tertiary/aromatic N) is 1. The van der Waals surface area contributed by atoms with E-state index in [-0.39, 0.29) is 24.1 Å². The van der Waals surface area contributed by atoms with Gasteiger partial charge in [0.15, 0.2) is 5.75 Å². The molecule has 7 nitrogen and oxygen atoms in total. The summed E-state index contributed by atoms with van der Waals surface area (Å²) in [5.74, 6) is -0.423. The van der Waals surface area contributed by atoms with Crippen LogP contribution in [-0.2, 0) is 4.79 Å². The van der Waals surface area contributed by atoms with Crippen molar-refractivity contribution in [2.24, 2.45) is 5.73 Å². The van der Waals surface area contributed by atoms with Crippen LogP contribution in [0.3, 0.4) is 0 Å². The van der Waals surface area contributed by atoms with Crippen LogP contribution in [0.4, 0.5) is 5.69 Å². The molecule has 0 fully saturated rings. The van der Waals surface area contributed by atoms with Crippen molar-refractivity contribution >= 4 is 11.6 Å². The van der Waals surface area contributed by atoms with E-state index >= 15 is 0 Å². The van der Waals surface area contributed by atoms with E-state index in [1.807, 2.05) is 13.8 Å². The molecule has 0 heterocycles. The monoisotopic (exact) mass is 295 g/mol. The van der Waals surface area contributed by atoms with Crippen molar-refractivity contribution in [1.29, 1.82) is 0 Å². The molecule has 7 heteroatoms. The van der Waals surface area contributed by atoms with E-state index in [0.717, 1.165) is 0 Å². The molecule has 1 atom stereocenters. The molecule has 0 saturated heterocycles. The molecule has 21 heavy (non-hydrogen) atoms. The number of nitrogens with one attached hydrogen (secondary N) is 1. The van der Waals surface area contributed by atoms with Crippen molar-refractivity contribution in [1.82, 2.24) is 5.32 Å². The number of nitrogens with two attached hydrogens (primary N) is 1. The molecule has 116 valence electrons. The second-order valence-corrected chi connectivity index (χ2v) is 5.46. The largest absolute Gasteiger partial charge is 0.484 e. The maximum absolute atomic E-state index is 11.6. The molecule has 1 aromatic rings. The van der Waals surface area contributed by atoms with E-state index in [1.165, 1.54) is 6.07 Å². The fraction of sp³-hybridized carbons (Fsp3) is 0.500. The van der Waals surface area contributed by atoms with Crippen molar-refractivity contribution in [2.45, 2.75) is 39.3 Å². The zero-order valence-corrected chi connectivity index (χ0v) is 12.7. The van der Waals surface area contributed by atoms with Gasteiger partial charge in [-0.1, -0.05) is 12.1 Å². The molecule has 1 aromatic carbocycles. The van der Waals surface area contributed by atoms with Crippen molar-refractivity contribution in [3.05, 3.63) is 33.9 Å². The number of primary amides is 1. The van der Waals surface area contributed by atoms with Gasteiger partial charge in [0.1, 0.15) is 12.1 Å². The van der Waals surface area contributed by atoms with Crippen LogP contribution in [0, 0.1) is 17.0 Å². The Hall–Kier alpha value is -2.15. The van der Waals surface area contributed by atoms with E-state index < -0.39 is 16.4 Å². The standard InChI is InChI=1S/C14H21N3O4/c1-9(2)16-14(4,13(15)18)8-21-12-10(3)6-5-7-11(12)17(19)20/h5-7,9,16H,8H2,1-4H3,(H2,15,18). The summed E-state index contributed by atoms with van der Waals surface area (Å²) < 4.78 is 5.55. The average Bonchev–Trinajstić information content (AvgIpc) is 2.35. The van der Waals surface area contributed by atoms with Crippen LogP contribution in [0.2, 0.25) is 0 Å². The molecule has 0 aromatic heterocycles. The second kappa shape index (κ2) is 6.53. The van der Waals surface area contributed by atoms with Gasteiger partial charge in [0.2, 0.25) is 5.91 Å². The van der Waals surface area contributed by atoms with Gasteiger partial charge in [-0.2, -0.15) is 0 Å². The third-order valence-corrected chi connectivity index (χ3v) is 3.04. The zero-order chi connectivity index (χ0) is 16.2. The minimum atomic E-state index is -1.11. The van der Waals surface area contributed by atoms with Gasteiger partial charge in [0.05, 0.1) is 4.92 Å². The number of hydrogen-bond acceptors (Lipinski definition) is 5. The molecule has 0 aliphatic rings. The van der Waals surface area contributed by atoms with Crippen LogP contribution in [0.15, 0.2) is 18.2 Å². The molecule has 1 rings (SSSR count). The number of carbonyl (C=O) groups excluding carboxylic acids is 1. The fourth-order valence-corrected chi connectivity index (χ4v) is 2.01. The summed E-state index contributed by atoms with van der Waals surface area (Å²) in [5, 5.41) is 14.1. The number of benzene rings is 1. The molecule has 0 radical (unpaired) electrons. The van der Waals surface area contributed by atoms with Crippen LogP contribution < -0.4 is 15.8 Å². The SMILES string of the molecule is Cc1cccc([N+](=O)[O-])c1OCC(C)(NC(C)C)C(N)=O. The number of para-hydroxylation sites is 1. The van der Waals surface area contributed by atoms with Crippen LogP contribution in [0.25, 0.3) is 0 Å². The average molecular weight is 295 g/mol. The van der Waals surface area contributed by atoms with Gasteiger partial charge in [-0.25, -0.2) is 0 Å². The Bertz CT molecular complexity index is 545. The first-order valence-electron chi connectivity index (χ1n) is 6.62. The van der Waals surface area contributed by atoms with Crippen LogP contribution in [-0.4, -0.2) is 29.0 Å². The van der Waals surface area contributed by atoms with Crippen molar-refractivity contribution in [3.8, 4) is 5.75 Å². The number of aryl methyl sites for hydroxylation is 1. The Balaban J connectivity index is 3.01. The summed E-state index contributed by atoms with van der Waals surface area (Å²) in [4.78, 5) is 22.1. The lowest BCUT2D eigenvalue weighted by atomic mass is 10.0. The lowest BCUT2D eigenvalue weighted by Crippen LogP contribution is -2.59. The van der Waals surface area contributed by atoms with Gasteiger partial charge in [-0.3, -0.25) is 20.2 Å². The molecule has 0 aliphatic heterocycles. The Morgan fingerprint density at radius 3 is 2.62 bits per heavy atom. The van der Waals surface area contributed by atoms with Gasteiger partial charge in [-0.15, -0.1) is 0 Å². The van der Waals surface area contributed by atoms with E-state index in [9.17, 15) is 14.9 Å². The molecule has 0 bridgehead atoms. The van der Waals surface area contributed by atoms with Gasteiger partial charge in [0, 0.05) is 12.1 Å². The third-order valence-electron chi connectivity index (χ3n) is 3.04. The van der Waals surface area contributed by atoms with Gasteiger partial charge in [-0.05, 0) is 33.3 Å². The quantitative estimate of drug-likeness (QED) is 0.586. The minimum absolute atomic E-state index is 0.0120. The summed E-state index contributed by atoms with van der Waals surface area (Å²) in [6, 6.07) is 4.66. The molecule has 0 saturated carbocycles. The highest BCUT2D eigenvalue weighted by molar-refractivity contribution is 5.84. The number of nitro benzene ring substituents is 1. The van der Waals surface area contributed by atoms with Crippen molar-refractivity contribution in [2.75, 3.05) is 6.61 Å². The summed E-state index contributed by atoms with van der Waals surface area (Å²) in [6.07, 6.45) is 0. The van der Waals surface area contributed by atoms with Gasteiger partial charge in [0.25, 0.3) is 0 Å². The predicted molar refractivity (Wildman–Crippen MR) is 79.2 cm³/mol. The number of rotatable bonds is 7. The highest BCUT2D eigenvalue weighted by Gasteiger charge is 2.33. The number of nitro groups is 1. The van der Waals surface area contributed by atoms with Crippen molar-refractivity contribution < 1.29 is 14.5 Å². The van der Waals surface area contributed by atoms with Crippen LogP contribution in [0.5, 0.6) is 5.75 Å². The van der Waals surface area contributed by atoms with E-state index in [2.05, 4.69) is 5.32 Å². The maximum atomic E-state index is 11.6. The third kappa shape index (κ3) is 4.16. The lowest BCUT2D eigenvalue weighted by Gasteiger charge is -2.29. The second-order valence-electron chi connectivity index (χ2n) is 5.46. The number of hydrogen-bond donors (Lipinski definition) is 2. The fourth-order valence-electron chi connectivity index (χ4n) is 2.01. The number of ether oxygens (including phenoxy) is 1. The normalized spacial score (nSPS) is 13.8. The minimum Gasteiger partial charge on any atom is -0.484 e. The van der Waals surface area contributed by atoms with E-state index in [1.54, 1.807) is 26.0 Å². The number of carbonyl (C=O) groups is 1. The molecule has 1 amide bonds. The first-order chi connectivity index (χ1) is 9.67. The van der Waals surface area contributed by atoms with Gasteiger partial charge >= 0.3 is 5.69 Å². The summed E-state index contributed by atoms with van der Waals surface area (Å²) in [5.41, 5.74) is 4.79. The molecule has 3 N–H and O–H groups in total. The first kappa shape index (κ1) is 16.9. The molecular weight excluding hydrogens is 274 g/mol. The highest BCUT2D eigenvalue weighted by Crippen LogP contribution is 2.30. The summed E-state index contributed by atoms with van der Waals surface area (Å²) >= 11 is 0. The topological polar surface area (TPSA) is 107 Å². The molecule has 0 spiro atoms. The Morgan fingerprint density at radius 2 is 2.14 bits per heavy atom. The first-order valence-corrected chi connectivity index (χ1v) is 6.62. The van der Waals surface area contributed by atoms with E-state index in [4.69, 9.17) is 10.5 Å². The number of amides is 1. The summed E-state index contributed by atoms with van der Waals surface area (Å²) in [6.45, 7) is 6.97. The highest BCUT2D eigenvalue weighted by atomic mass is 16.6. The predicted octanol–water partition coefficient (Wildman–Crippen LogP) is 1.52. The molecular formula is C14H21N3O4. The van der Waals surface area contributed by atoms with Crippen LogP contribution in [0.1, 0.15) is 26.3 Å². The molecule has 0 aliphatic carbocycles. The Labute approximate surface area is 123 Å². The van der Waals surface area contributed by atoms with Gasteiger partial charge < -0.3 is 10.5 Å². The smallest absolute Gasteiger partial charge is 0.311 e. The zero-order valence-electron chi connectivity index (χ0n) is 12.7. The van der Waals surface area contributed by atoms with Crippen LogP contribution >= 0.6 is 0 Å². The van der Waals surface area contributed by atoms with E-state index in [0.29, 0.717) is 5.56 Å². The lowest BCUT2D eigenvalue weighted by molar-refractivity contribution is -0.386. The Morgan fingerprint density at radius 1 is 1.52 bits per heavy atom.